The summed E-state index contributed by atoms with van der Waals surface area (Å²) in [4.78, 5) is 16.9. The van der Waals surface area contributed by atoms with E-state index in [4.69, 9.17) is 0 Å². The van der Waals surface area contributed by atoms with Crippen molar-refractivity contribution in [3.8, 4) is 0 Å². The van der Waals surface area contributed by atoms with Gasteiger partial charge in [-0.2, -0.15) is 0 Å². The summed E-state index contributed by atoms with van der Waals surface area (Å²) >= 11 is 0. The molecule has 0 spiro atoms. The smallest absolute Gasteiger partial charge is 0.222 e. The molecule has 0 bridgehead atoms. The van der Waals surface area contributed by atoms with Crippen molar-refractivity contribution in [2.45, 2.75) is 43.9 Å². The first-order valence-corrected chi connectivity index (χ1v) is 11.5. The highest BCUT2D eigenvalue weighted by atomic mass is 35.5. The molecule has 3 nitrogen and oxygen atoms in total. The fraction of sp³-hybridized carbons (Fsp3) is 0.632. The van der Waals surface area contributed by atoms with Gasteiger partial charge in [-0.1, -0.05) is 58.3 Å². The molecule has 0 radical (unpaired) electrons. The molecule has 2 aliphatic heterocycles. The number of piperazine rings is 1. The minimum Gasteiger partial charge on any atom is -0.340 e. The summed E-state index contributed by atoms with van der Waals surface area (Å²) in [6, 6.07) is 10.6. The molecule has 0 aromatic heterocycles. The molecule has 6 heteroatoms. The van der Waals surface area contributed by atoms with Crippen LogP contribution >= 0.6 is 34.0 Å². The van der Waals surface area contributed by atoms with Crippen molar-refractivity contribution in [1.82, 2.24) is 9.80 Å². The first-order chi connectivity index (χ1) is 11.8. The average Bonchev–Trinajstić information content (AvgIpc) is 3.13. The molecule has 140 valence electrons. The van der Waals surface area contributed by atoms with E-state index in [-0.39, 0.29) is 12.4 Å². The van der Waals surface area contributed by atoms with E-state index in [9.17, 15) is 4.79 Å². The maximum atomic E-state index is 12.4. The molecule has 2 saturated heterocycles. The Bertz CT molecular complexity index is 503. The molecular weight excluding hydrogens is 372 g/mol. The normalized spacial score (nSPS) is 21.1. The lowest BCUT2D eigenvalue weighted by Crippen LogP contribution is -2.48. The third kappa shape index (κ3) is 7.05. The summed E-state index contributed by atoms with van der Waals surface area (Å²) < 4.78 is 0. The van der Waals surface area contributed by atoms with E-state index in [1.165, 1.54) is 30.6 Å². The van der Waals surface area contributed by atoms with E-state index in [1.54, 1.807) is 0 Å². The van der Waals surface area contributed by atoms with Crippen molar-refractivity contribution in [2.24, 2.45) is 0 Å². The van der Waals surface area contributed by atoms with Crippen molar-refractivity contribution in [2.75, 3.05) is 31.9 Å². The maximum absolute atomic E-state index is 12.4. The zero-order valence-electron chi connectivity index (χ0n) is 14.8. The van der Waals surface area contributed by atoms with E-state index in [0.29, 0.717) is 5.91 Å². The summed E-state index contributed by atoms with van der Waals surface area (Å²) in [5.41, 5.74) is 1.36. The second-order valence-electron chi connectivity index (χ2n) is 6.72. The predicted molar refractivity (Wildman–Crippen MR) is 112 cm³/mol. The van der Waals surface area contributed by atoms with Crippen molar-refractivity contribution in [1.29, 1.82) is 0 Å². The Balaban J connectivity index is 0.00000225. The van der Waals surface area contributed by atoms with Crippen molar-refractivity contribution in [3.05, 3.63) is 35.9 Å². The van der Waals surface area contributed by atoms with Crippen LogP contribution in [0.1, 0.15) is 37.7 Å². The number of benzene rings is 1. The fourth-order valence-corrected chi connectivity index (χ4v) is 6.40. The van der Waals surface area contributed by atoms with Crippen LogP contribution in [-0.4, -0.2) is 52.9 Å². The van der Waals surface area contributed by atoms with Crippen LogP contribution in [0.4, 0.5) is 0 Å². The highest BCUT2D eigenvalue weighted by Crippen LogP contribution is 2.39. The summed E-state index contributed by atoms with van der Waals surface area (Å²) in [6.45, 7) is 4.77. The molecule has 25 heavy (non-hydrogen) atoms. The quantitative estimate of drug-likeness (QED) is 0.497. The highest BCUT2D eigenvalue weighted by molar-refractivity contribution is 8.77. The topological polar surface area (TPSA) is 23.6 Å². The van der Waals surface area contributed by atoms with Gasteiger partial charge < -0.3 is 4.90 Å². The molecule has 3 rings (SSSR count). The molecule has 2 heterocycles. The molecule has 2 aliphatic rings. The van der Waals surface area contributed by atoms with Gasteiger partial charge >= 0.3 is 0 Å². The van der Waals surface area contributed by atoms with Gasteiger partial charge in [0.1, 0.15) is 0 Å². The first-order valence-electron chi connectivity index (χ1n) is 9.13. The van der Waals surface area contributed by atoms with E-state index < -0.39 is 0 Å². The van der Waals surface area contributed by atoms with Crippen LogP contribution < -0.4 is 0 Å². The lowest BCUT2D eigenvalue weighted by atomic mass is 10.1. The number of hydrogen-bond acceptors (Lipinski definition) is 4. The third-order valence-electron chi connectivity index (χ3n) is 4.87. The Labute approximate surface area is 166 Å². The minimum atomic E-state index is 0. The number of halogens is 1. The summed E-state index contributed by atoms with van der Waals surface area (Å²) in [5, 5.41) is 0.839. The molecule has 0 aliphatic carbocycles. The van der Waals surface area contributed by atoms with Gasteiger partial charge in [0.05, 0.1) is 0 Å². The number of carbonyl (C=O) groups excluding carboxylic acids is 1. The van der Waals surface area contributed by atoms with E-state index >= 15 is 0 Å². The maximum Gasteiger partial charge on any atom is 0.222 e. The standard InChI is InChI=1S/C19H28N2OS2.ClH/c22-19(9-5-4-8-18-10-15-23-24-18)21-13-11-20(12-14-21)16-17-6-2-1-3-7-17;/h1-3,6-7,18H,4-5,8-16H2;1H. The third-order valence-corrected chi connectivity index (χ3v) is 7.87. The van der Waals surface area contributed by atoms with Crippen LogP contribution in [0.3, 0.4) is 0 Å². The van der Waals surface area contributed by atoms with Crippen LogP contribution in [-0.2, 0) is 11.3 Å². The van der Waals surface area contributed by atoms with Crippen LogP contribution in [0.2, 0.25) is 0 Å². The second-order valence-corrected chi connectivity index (χ2v) is 9.50. The van der Waals surface area contributed by atoms with Gasteiger partial charge in [-0.15, -0.1) is 12.4 Å². The molecule has 1 aromatic rings. The van der Waals surface area contributed by atoms with Gasteiger partial charge in [0.15, 0.2) is 0 Å². The van der Waals surface area contributed by atoms with Crippen molar-refractivity contribution in [3.63, 3.8) is 0 Å². The van der Waals surface area contributed by atoms with Gasteiger partial charge in [-0.05, 0) is 24.8 Å². The highest BCUT2D eigenvalue weighted by Gasteiger charge is 2.21. The lowest BCUT2D eigenvalue weighted by molar-refractivity contribution is -0.133. The van der Waals surface area contributed by atoms with Crippen LogP contribution in [0.25, 0.3) is 0 Å². The first kappa shape index (κ1) is 20.9. The Morgan fingerprint density at radius 1 is 1.08 bits per heavy atom. The van der Waals surface area contributed by atoms with E-state index in [2.05, 4.69) is 40.1 Å². The van der Waals surface area contributed by atoms with Gasteiger partial charge in [-0.25, -0.2) is 0 Å². The largest absolute Gasteiger partial charge is 0.340 e. The minimum absolute atomic E-state index is 0. The average molecular weight is 401 g/mol. The van der Waals surface area contributed by atoms with Gasteiger partial charge in [0.2, 0.25) is 5.91 Å². The lowest BCUT2D eigenvalue weighted by Gasteiger charge is -2.34. The molecule has 0 N–H and O–H groups in total. The summed E-state index contributed by atoms with van der Waals surface area (Å²) in [5.74, 6) is 1.67. The predicted octanol–water partition coefficient (Wildman–Crippen LogP) is 4.47. The molecule has 1 aromatic carbocycles. The SMILES string of the molecule is Cl.O=C(CCCCC1CCSS1)N1CCN(Cc2ccccc2)CC1. The van der Waals surface area contributed by atoms with Crippen molar-refractivity contribution < 1.29 is 4.79 Å². The van der Waals surface area contributed by atoms with Gasteiger partial charge in [-0.3, -0.25) is 9.69 Å². The number of unbranched alkanes of at least 4 members (excludes halogenated alkanes) is 1. The molecule has 1 unspecified atom stereocenters. The zero-order chi connectivity index (χ0) is 16.6. The second kappa shape index (κ2) is 11.4. The van der Waals surface area contributed by atoms with Crippen molar-refractivity contribution >= 4 is 39.9 Å². The number of hydrogen-bond donors (Lipinski definition) is 0. The Morgan fingerprint density at radius 3 is 2.52 bits per heavy atom. The van der Waals surface area contributed by atoms with Gasteiger partial charge in [0, 0.05) is 50.1 Å². The van der Waals surface area contributed by atoms with E-state index in [0.717, 1.165) is 50.8 Å². The van der Waals surface area contributed by atoms with Crippen LogP contribution in [0, 0.1) is 0 Å². The number of carbonyl (C=O) groups is 1. The van der Waals surface area contributed by atoms with Crippen LogP contribution in [0.5, 0.6) is 0 Å². The Hall–Kier alpha value is -0.360. The number of rotatable bonds is 7. The van der Waals surface area contributed by atoms with Gasteiger partial charge in [0.25, 0.3) is 0 Å². The molecule has 0 saturated carbocycles. The zero-order valence-corrected chi connectivity index (χ0v) is 17.2. The monoisotopic (exact) mass is 400 g/mol. The Kier molecular flexibility index (Phi) is 9.53. The molecule has 2 fully saturated rings. The Morgan fingerprint density at radius 2 is 1.84 bits per heavy atom. The van der Waals surface area contributed by atoms with E-state index in [1.807, 2.05) is 21.6 Å². The molecule has 1 amide bonds. The van der Waals surface area contributed by atoms with Crippen LogP contribution in [0.15, 0.2) is 30.3 Å². The molecular formula is C19H29ClN2OS2. The fourth-order valence-electron chi connectivity index (χ4n) is 3.37. The number of amides is 1. The molecule has 1 atom stereocenters. The summed E-state index contributed by atoms with van der Waals surface area (Å²) in [7, 11) is 4.05. The number of nitrogens with zero attached hydrogens (tertiary/aromatic N) is 2. The summed E-state index contributed by atoms with van der Waals surface area (Å²) in [6.07, 6.45) is 5.65.